The van der Waals surface area contributed by atoms with Gasteiger partial charge in [0.05, 0.1) is 6.61 Å². The lowest BCUT2D eigenvalue weighted by Crippen LogP contribution is -2.18. The predicted molar refractivity (Wildman–Crippen MR) is 98.7 cm³/mol. The highest BCUT2D eigenvalue weighted by Crippen LogP contribution is 2.26. The summed E-state index contributed by atoms with van der Waals surface area (Å²) >= 11 is 0. The Kier molecular flexibility index (Phi) is 11.0. The van der Waals surface area contributed by atoms with Crippen LogP contribution in [0, 0.1) is 17.8 Å². The molecule has 2 N–H and O–H groups in total. The van der Waals surface area contributed by atoms with Crippen molar-refractivity contribution < 1.29 is 4.74 Å². The van der Waals surface area contributed by atoms with Gasteiger partial charge in [-0.15, -0.1) is 0 Å². The maximum absolute atomic E-state index is 5.85. The lowest BCUT2D eigenvalue weighted by Gasteiger charge is -2.22. The third-order valence-electron chi connectivity index (χ3n) is 4.55. The fraction of sp³-hybridized carbons (Fsp3) is 0.700. The normalized spacial score (nSPS) is 17.0. The van der Waals surface area contributed by atoms with E-state index in [1.165, 1.54) is 19.3 Å². The standard InChI is InChI=1S/C20H37NO/c1-8-22-20(7)14-12-18(5)16(3)10-9-15(2)17(4)11-13-19(6)21/h12,14-17,19H,5,7-11,13,21H2,1-4,6H3/b14-12-. The third kappa shape index (κ3) is 9.83. The smallest absolute Gasteiger partial charge is 0.112 e. The molecular weight excluding hydrogens is 270 g/mol. The summed E-state index contributed by atoms with van der Waals surface area (Å²) in [5.41, 5.74) is 6.99. The fourth-order valence-electron chi connectivity index (χ4n) is 2.39. The number of allylic oxidation sites excluding steroid dienone is 3. The zero-order valence-corrected chi connectivity index (χ0v) is 15.4. The molecule has 2 nitrogen and oxygen atoms in total. The Hall–Kier alpha value is -1.02. The van der Waals surface area contributed by atoms with E-state index in [9.17, 15) is 0 Å². The molecule has 0 spiro atoms. The molecule has 0 rings (SSSR count). The third-order valence-corrected chi connectivity index (χ3v) is 4.55. The molecule has 0 aromatic rings. The van der Waals surface area contributed by atoms with Crippen molar-refractivity contribution >= 4 is 0 Å². The zero-order chi connectivity index (χ0) is 17.1. The largest absolute Gasteiger partial charge is 0.495 e. The lowest BCUT2D eigenvalue weighted by atomic mass is 9.84. The van der Waals surface area contributed by atoms with E-state index < -0.39 is 0 Å². The first-order chi connectivity index (χ1) is 10.3. The van der Waals surface area contributed by atoms with E-state index >= 15 is 0 Å². The molecule has 2 heteroatoms. The summed E-state index contributed by atoms with van der Waals surface area (Å²) in [6.45, 7) is 19.7. The van der Waals surface area contributed by atoms with Gasteiger partial charge in [-0.05, 0) is 63.4 Å². The van der Waals surface area contributed by atoms with Crippen LogP contribution in [0.4, 0.5) is 0 Å². The molecule has 0 aliphatic carbocycles. The van der Waals surface area contributed by atoms with Gasteiger partial charge in [0.1, 0.15) is 5.76 Å². The second-order valence-electron chi connectivity index (χ2n) is 6.80. The number of ether oxygens (including phenoxy) is 1. The average Bonchev–Trinajstić information content (AvgIpc) is 2.47. The van der Waals surface area contributed by atoms with Crippen molar-refractivity contribution in [2.75, 3.05) is 6.61 Å². The van der Waals surface area contributed by atoms with Crippen molar-refractivity contribution in [2.45, 2.75) is 66.3 Å². The average molecular weight is 308 g/mol. The molecule has 128 valence electrons. The Balaban J connectivity index is 4.12. The summed E-state index contributed by atoms with van der Waals surface area (Å²) in [5.74, 6) is 2.67. The highest BCUT2D eigenvalue weighted by Gasteiger charge is 2.14. The van der Waals surface area contributed by atoms with Crippen LogP contribution in [0.15, 0.2) is 36.6 Å². The SMILES string of the molecule is C=C(/C=C\C(=C)C(C)CCC(C)C(C)CCC(C)N)OCC. The molecule has 4 atom stereocenters. The molecule has 0 heterocycles. The van der Waals surface area contributed by atoms with Gasteiger partial charge >= 0.3 is 0 Å². The summed E-state index contributed by atoms with van der Waals surface area (Å²) in [5, 5.41) is 0. The molecule has 22 heavy (non-hydrogen) atoms. The minimum atomic E-state index is 0.317. The molecule has 0 saturated heterocycles. The van der Waals surface area contributed by atoms with Crippen molar-refractivity contribution in [1.29, 1.82) is 0 Å². The van der Waals surface area contributed by atoms with Gasteiger partial charge in [-0.25, -0.2) is 0 Å². The van der Waals surface area contributed by atoms with Crippen molar-refractivity contribution in [1.82, 2.24) is 0 Å². The van der Waals surface area contributed by atoms with Gasteiger partial charge in [0, 0.05) is 6.04 Å². The van der Waals surface area contributed by atoms with Crippen molar-refractivity contribution in [3.05, 3.63) is 36.6 Å². The van der Waals surface area contributed by atoms with Gasteiger partial charge in [-0.3, -0.25) is 0 Å². The molecular formula is C20H37NO. The van der Waals surface area contributed by atoms with Gasteiger partial charge in [-0.1, -0.05) is 45.6 Å². The van der Waals surface area contributed by atoms with Gasteiger partial charge in [-0.2, -0.15) is 0 Å². The summed E-state index contributed by atoms with van der Waals surface area (Å²) in [4.78, 5) is 0. The van der Waals surface area contributed by atoms with E-state index in [1.54, 1.807) is 0 Å². The van der Waals surface area contributed by atoms with Gasteiger partial charge in [0.25, 0.3) is 0 Å². The minimum absolute atomic E-state index is 0.317. The van der Waals surface area contributed by atoms with Gasteiger partial charge < -0.3 is 10.5 Å². The van der Waals surface area contributed by atoms with Crippen LogP contribution >= 0.6 is 0 Å². The maximum Gasteiger partial charge on any atom is 0.112 e. The van der Waals surface area contributed by atoms with E-state index in [1.807, 2.05) is 19.1 Å². The van der Waals surface area contributed by atoms with Crippen molar-refractivity contribution in [3.8, 4) is 0 Å². The fourth-order valence-corrected chi connectivity index (χ4v) is 2.39. The van der Waals surface area contributed by atoms with Crippen LogP contribution in [-0.4, -0.2) is 12.6 Å². The molecule has 0 saturated carbocycles. The molecule has 0 aliphatic heterocycles. The van der Waals surface area contributed by atoms with E-state index in [2.05, 4.69) is 40.9 Å². The summed E-state index contributed by atoms with van der Waals surface area (Å²) < 4.78 is 5.32. The molecule has 0 aromatic carbocycles. The monoisotopic (exact) mass is 307 g/mol. The first kappa shape index (κ1) is 21.0. The number of hydrogen-bond donors (Lipinski definition) is 1. The Labute approximate surface area is 138 Å². The molecule has 0 fully saturated rings. The Morgan fingerprint density at radius 1 is 0.955 bits per heavy atom. The second kappa shape index (κ2) is 11.5. The quantitative estimate of drug-likeness (QED) is 0.383. The molecule has 0 aromatic heterocycles. The van der Waals surface area contributed by atoms with Crippen molar-refractivity contribution in [3.63, 3.8) is 0 Å². The van der Waals surface area contributed by atoms with Crippen LogP contribution in [0.2, 0.25) is 0 Å². The first-order valence-electron chi connectivity index (χ1n) is 8.72. The van der Waals surface area contributed by atoms with Crippen LogP contribution in [0.25, 0.3) is 0 Å². The van der Waals surface area contributed by atoms with E-state index in [0.717, 1.165) is 23.8 Å². The highest BCUT2D eigenvalue weighted by molar-refractivity contribution is 5.22. The van der Waals surface area contributed by atoms with E-state index in [0.29, 0.717) is 24.3 Å². The highest BCUT2D eigenvalue weighted by atomic mass is 16.5. The molecule has 0 bridgehead atoms. The van der Waals surface area contributed by atoms with Crippen LogP contribution < -0.4 is 5.73 Å². The molecule has 0 aliphatic rings. The Bertz CT molecular complexity index is 357. The summed E-state index contributed by atoms with van der Waals surface area (Å²) in [7, 11) is 0. The maximum atomic E-state index is 5.85. The Morgan fingerprint density at radius 2 is 1.50 bits per heavy atom. The predicted octanol–water partition coefficient (Wildman–Crippen LogP) is 5.46. The molecule has 4 unspecified atom stereocenters. The summed E-state index contributed by atoms with van der Waals surface area (Å²) in [6, 6.07) is 0.317. The Morgan fingerprint density at radius 3 is 2.00 bits per heavy atom. The van der Waals surface area contributed by atoms with Crippen LogP contribution in [0.5, 0.6) is 0 Å². The topological polar surface area (TPSA) is 35.2 Å². The van der Waals surface area contributed by atoms with Crippen molar-refractivity contribution in [2.24, 2.45) is 23.5 Å². The lowest BCUT2D eigenvalue weighted by molar-refractivity contribution is 0.244. The molecule has 0 amide bonds. The minimum Gasteiger partial charge on any atom is -0.495 e. The first-order valence-corrected chi connectivity index (χ1v) is 8.72. The number of rotatable bonds is 12. The van der Waals surface area contributed by atoms with E-state index in [4.69, 9.17) is 10.5 Å². The van der Waals surface area contributed by atoms with Crippen LogP contribution in [0.1, 0.15) is 60.3 Å². The molecule has 0 radical (unpaired) electrons. The van der Waals surface area contributed by atoms with Gasteiger partial charge in [0.2, 0.25) is 0 Å². The summed E-state index contributed by atoms with van der Waals surface area (Å²) in [6.07, 6.45) is 8.71. The second-order valence-corrected chi connectivity index (χ2v) is 6.80. The van der Waals surface area contributed by atoms with Crippen LogP contribution in [-0.2, 0) is 4.74 Å². The zero-order valence-electron chi connectivity index (χ0n) is 15.4. The van der Waals surface area contributed by atoms with Crippen LogP contribution in [0.3, 0.4) is 0 Å². The number of nitrogens with two attached hydrogens (primary N) is 1. The van der Waals surface area contributed by atoms with Gasteiger partial charge in [0.15, 0.2) is 0 Å². The van der Waals surface area contributed by atoms with E-state index in [-0.39, 0.29) is 0 Å². The number of hydrogen-bond acceptors (Lipinski definition) is 2.